The van der Waals surface area contributed by atoms with Crippen LogP contribution >= 0.6 is 0 Å². The Hall–Kier alpha value is -2.96. The lowest BCUT2D eigenvalue weighted by Gasteiger charge is -2.29. The fourth-order valence-electron chi connectivity index (χ4n) is 3.74. The number of carbonyl (C=O) groups is 1. The first-order valence-corrected chi connectivity index (χ1v) is 9.54. The van der Waals surface area contributed by atoms with Gasteiger partial charge in [-0.15, -0.1) is 0 Å². The first-order chi connectivity index (χ1) is 13.4. The minimum atomic E-state index is -0.304. The van der Waals surface area contributed by atoms with Crippen LogP contribution in [0.3, 0.4) is 0 Å². The summed E-state index contributed by atoms with van der Waals surface area (Å²) in [7, 11) is 0. The summed E-state index contributed by atoms with van der Waals surface area (Å²) in [5.41, 5.74) is 2.46. The zero-order chi connectivity index (χ0) is 19.7. The molecule has 0 saturated carbocycles. The normalized spacial score (nSPS) is 24.8. The van der Waals surface area contributed by atoms with Gasteiger partial charge in [0.1, 0.15) is 18.7 Å². The highest BCUT2D eigenvalue weighted by atomic mass is 16.5. The molecule has 1 N–H and O–H groups in total. The summed E-state index contributed by atoms with van der Waals surface area (Å²) < 4.78 is 6.53. The molecule has 2 atom stereocenters. The summed E-state index contributed by atoms with van der Waals surface area (Å²) in [6, 6.07) is 3.10. The van der Waals surface area contributed by atoms with Crippen molar-refractivity contribution in [1.82, 2.24) is 15.1 Å². The number of allylic oxidation sites excluding steroid dienone is 3. The average molecular weight is 380 g/mol. The van der Waals surface area contributed by atoms with E-state index in [4.69, 9.17) is 4.74 Å². The predicted molar refractivity (Wildman–Crippen MR) is 107 cm³/mol. The van der Waals surface area contributed by atoms with Gasteiger partial charge in [0, 0.05) is 11.8 Å². The third-order valence-corrected chi connectivity index (χ3v) is 5.26. The second-order valence-corrected chi connectivity index (χ2v) is 8.20. The van der Waals surface area contributed by atoms with Gasteiger partial charge >= 0.3 is 0 Å². The lowest BCUT2D eigenvalue weighted by Crippen LogP contribution is -2.34. The highest BCUT2D eigenvalue weighted by Crippen LogP contribution is 2.38. The Balaban J connectivity index is 1.47. The molecule has 3 aliphatic rings. The quantitative estimate of drug-likeness (QED) is 0.868. The Bertz CT molecular complexity index is 968. The molecule has 146 valence electrons. The molecule has 1 aromatic heterocycles. The highest BCUT2D eigenvalue weighted by molar-refractivity contribution is 5.78. The molecular weight excluding hydrogens is 356 g/mol. The molecule has 7 nitrogen and oxygen atoms in total. The summed E-state index contributed by atoms with van der Waals surface area (Å²) in [6.07, 6.45) is 12.0. The molecule has 2 unspecified atom stereocenters. The van der Waals surface area contributed by atoms with Gasteiger partial charge in [-0.3, -0.25) is 9.59 Å². The maximum Gasteiger partial charge on any atom is 0.267 e. The average Bonchev–Trinajstić information content (AvgIpc) is 3.10. The fraction of sp³-hybridized carbons (Fsp3) is 0.429. The Kier molecular flexibility index (Phi) is 4.75. The molecule has 0 bridgehead atoms. The van der Waals surface area contributed by atoms with Gasteiger partial charge in [0.05, 0.1) is 5.69 Å². The number of hydrogen-bond donors (Lipinski definition) is 1. The Morgan fingerprint density at radius 3 is 3.07 bits per heavy atom. The van der Waals surface area contributed by atoms with Crippen LogP contribution in [0.25, 0.3) is 5.57 Å². The second-order valence-electron chi connectivity index (χ2n) is 8.20. The number of rotatable bonds is 4. The third kappa shape index (κ3) is 3.98. The Morgan fingerprint density at radius 2 is 2.25 bits per heavy atom. The van der Waals surface area contributed by atoms with Crippen LogP contribution in [0.2, 0.25) is 0 Å². The van der Waals surface area contributed by atoms with E-state index in [1.165, 1.54) is 17.1 Å². The number of carbonyl (C=O) groups excluding carboxylic acids is 1. The van der Waals surface area contributed by atoms with E-state index < -0.39 is 0 Å². The molecule has 2 heterocycles. The van der Waals surface area contributed by atoms with E-state index >= 15 is 0 Å². The van der Waals surface area contributed by atoms with Crippen molar-refractivity contribution >= 4 is 17.9 Å². The first kappa shape index (κ1) is 18.4. The molecule has 7 heteroatoms. The van der Waals surface area contributed by atoms with E-state index in [1.54, 1.807) is 12.1 Å². The summed E-state index contributed by atoms with van der Waals surface area (Å²) in [5, 5.41) is 7.25. The topological polar surface area (TPSA) is 85.6 Å². The first-order valence-electron chi connectivity index (χ1n) is 9.54. The van der Waals surface area contributed by atoms with Crippen LogP contribution in [0.4, 0.5) is 0 Å². The van der Waals surface area contributed by atoms with Crippen molar-refractivity contribution in [2.45, 2.75) is 51.8 Å². The van der Waals surface area contributed by atoms with Crippen molar-refractivity contribution in [3.05, 3.63) is 58.2 Å². The minimum Gasteiger partial charge on any atom is -0.474 e. The lowest BCUT2D eigenvalue weighted by atomic mass is 9.76. The van der Waals surface area contributed by atoms with Gasteiger partial charge in [-0.25, -0.2) is 9.67 Å². The maximum absolute atomic E-state index is 12.4. The molecule has 4 rings (SSSR count). The van der Waals surface area contributed by atoms with Gasteiger partial charge in [-0.05, 0) is 54.5 Å². The minimum absolute atomic E-state index is 0.102. The number of amides is 1. The molecule has 0 spiro atoms. The van der Waals surface area contributed by atoms with Crippen molar-refractivity contribution in [2.24, 2.45) is 10.4 Å². The van der Waals surface area contributed by atoms with E-state index in [0.717, 1.165) is 30.5 Å². The van der Waals surface area contributed by atoms with Crippen molar-refractivity contribution in [3.8, 4) is 0 Å². The van der Waals surface area contributed by atoms with Crippen molar-refractivity contribution in [3.63, 3.8) is 0 Å². The van der Waals surface area contributed by atoms with E-state index in [9.17, 15) is 9.59 Å². The van der Waals surface area contributed by atoms with Gasteiger partial charge in [-0.1, -0.05) is 19.9 Å². The molecule has 2 aliphatic carbocycles. The number of aromatic nitrogens is 2. The van der Waals surface area contributed by atoms with Gasteiger partial charge in [-0.2, -0.15) is 5.10 Å². The third-order valence-electron chi connectivity index (χ3n) is 5.26. The number of aliphatic imine (C=N–C) groups is 1. The number of nitrogens with one attached hydrogen (secondary N) is 1. The van der Waals surface area contributed by atoms with E-state index in [0.29, 0.717) is 5.70 Å². The van der Waals surface area contributed by atoms with Gasteiger partial charge in [0.15, 0.2) is 6.40 Å². The SMILES string of the molecule is CC1(C)CCC=C(c2ccc(=O)n(CC(=O)NC3=CC4N=COC4C=C3)n2)C1. The molecule has 1 aliphatic heterocycles. The van der Waals surface area contributed by atoms with Crippen LogP contribution in [0.1, 0.15) is 38.8 Å². The summed E-state index contributed by atoms with van der Waals surface area (Å²) in [6.45, 7) is 4.33. The molecule has 1 aromatic rings. The van der Waals surface area contributed by atoms with Crippen molar-refractivity contribution in [1.29, 1.82) is 0 Å². The molecule has 28 heavy (non-hydrogen) atoms. The van der Waals surface area contributed by atoms with Crippen molar-refractivity contribution in [2.75, 3.05) is 0 Å². The van der Waals surface area contributed by atoms with E-state index in [-0.39, 0.29) is 35.6 Å². The highest BCUT2D eigenvalue weighted by Gasteiger charge is 2.26. The fourth-order valence-corrected chi connectivity index (χ4v) is 3.74. The van der Waals surface area contributed by atoms with Crippen LogP contribution < -0.4 is 10.9 Å². The monoisotopic (exact) mass is 380 g/mol. The summed E-state index contributed by atoms with van der Waals surface area (Å²) in [4.78, 5) is 28.8. The molecular formula is C21H24N4O3. The largest absolute Gasteiger partial charge is 0.474 e. The Morgan fingerprint density at radius 1 is 1.39 bits per heavy atom. The number of hydrogen-bond acceptors (Lipinski definition) is 5. The van der Waals surface area contributed by atoms with Gasteiger partial charge in [0.2, 0.25) is 5.91 Å². The smallest absolute Gasteiger partial charge is 0.267 e. The van der Waals surface area contributed by atoms with E-state index in [1.807, 2.05) is 12.2 Å². The molecule has 0 aromatic carbocycles. The summed E-state index contributed by atoms with van der Waals surface area (Å²) >= 11 is 0. The predicted octanol–water partition coefficient (Wildman–Crippen LogP) is 2.20. The maximum atomic E-state index is 12.4. The van der Waals surface area contributed by atoms with Gasteiger partial charge < -0.3 is 10.1 Å². The van der Waals surface area contributed by atoms with Gasteiger partial charge in [0.25, 0.3) is 5.56 Å². The number of ether oxygens (including phenoxy) is 1. The van der Waals surface area contributed by atoms with Crippen LogP contribution in [0.15, 0.2) is 51.9 Å². The lowest BCUT2D eigenvalue weighted by molar-refractivity contribution is -0.121. The Labute approximate surface area is 163 Å². The second kappa shape index (κ2) is 7.22. The van der Waals surface area contributed by atoms with Crippen LogP contribution in [-0.4, -0.2) is 34.2 Å². The molecule has 0 fully saturated rings. The standard InChI is InChI=1S/C21H24N4O3/c1-21(2)9-3-4-14(11-21)16-6-8-20(27)25(24-16)12-19(26)23-15-5-7-18-17(10-15)22-13-28-18/h4-8,10,13,17-18H,3,9,11-12H2,1-2H3,(H,23,26). The van der Waals surface area contributed by atoms with Crippen LogP contribution in [-0.2, 0) is 16.1 Å². The van der Waals surface area contributed by atoms with E-state index in [2.05, 4.69) is 35.3 Å². The van der Waals surface area contributed by atoms with Crippen molar-refractivity contribution < 1.29 is 9.53 Å². The molecule has 0 radical (unpaired) electrons. The van der Waals surface area contributed by atoms with Crippen LogP contribution in [0.5, 0.6) is 0 Å². The summed E-state index contributed by atoms with van der Waals surface area (Å²) in [5.74, 6) is -0.304. The van der Waals surface area contributed by atoms with Crippen LogP contribution in [0, 0.1) is 5.41 Å². The number of nitrogens with zero attached hydrogens (tertiary/aromatic N) is 3. The zero-order valence-corrected chi connectivity index (χ0v) is 16.1. The zero-order valence-electron chi connectivity index (χ0n) is 16.1. The molecule has 0 saturated heterocycles. The number of fused-ring (bicyclic) bond motifs is 1. The molecule has 1 amide bonds.